The van der Waals surface area contributed by atoms with Crippen LogP contribution in [-0.4, -0.2) is 23.2 Å². The van der Waals surface area contributed by atoms with Gasteiger partial charge in [0.15, 0.2) is 0 Å². The number of rotatable bonds is 3. The summed E-state index contributed by atoms with van der Waals surface area (Å²) < 4.78 is 42.6. The molecule has 0 amide bonds. The van der Waals surface area contributed by atoms with E-state index in [2.05, 4.69) is 4.98 Å². The first kappa shape index (κ1) is 14.8. The van der Waals surface area contributed by atoms with Gasteiger partial charge in [0.2, 0.25) is 5.88 Å². The van der Waals surface area contributed by atoms with Gasteiger partial charge in [-0.2, -0.15) is 13.2 Å². The van der Waals surface area contributed by atoms with Gasteiger partial charge in [-0.05, 0) is 23.8 Å². The van der Waals surface area contributed by atoms with Gasteiger partial charge in [0, 0.05) is 6.20 Å². The molecule has 110 valence electrons. The molecular formula is C14H10F3NO3. The minimum absolute atomic E-state index is 0.0367. The van der Waals surface area contributed by atoms with E-state index in [1.807, 2.05) is 0 Å². The summed E-state index contributed by atoms with van der Waals surface area (Å²) in [5.74, 6) is -1.18. The number of hydrogen-bond acceptors (Lipinski definition) is 3. The zero-order valence-corrected chi connectivity index (χ0v) is 10.8. The number of nitrogens with zero attached hydrogens (tertiary/aromatic N) is 1. The molecule has 0 bridgehead atoms. The molecule has 0 radical (unpaired) electrons. The lowest BCUT2D eigenvalue weighted by Crippen LogP contribution is -2.05. The van der Waals surface area contributed by atoms with Crippen LogP contribution in [0.2, 0.25) is 0 Å². The van der Waals surface area contributed by atoms with Crippen LogP contribution < -0.4 is 4.74 Å². The summed E-state index contributed by atoms with van der Waals surface area (Å²) in [6, 6.07) is 5.41. The van der Waals surface area contributed by atoms with Gasteiger partial charge in [-0.15, -0.1) is 0 Å². The van der Waals surface area contributed by atoms with Crippen molar-refractivity contribution < 1.29 is 27.8 Å². The molecule has 2 rings (SSSR count). The predicted octanol–water partition coefficient (Wildman–Crippen LogP) is 3.47. The van der Waals surface area contributed by atoms with Gasteiger partial charge in [0.25, 0.3) is 0 Å². The van der Waals surface area contributed by atoms with Gasteiger partial charge in [-0.1, -0.05) is 12.1 Å². The van der Waals surface area contributed by atoms with E-state index in [4.69, 9.17) is 9.84 Å². The van der Waals surface area contributed by atoms with Crippen LogP contribution in [0, 0.1) is 0 Å². The molecule has 0 spiro atoms. The molecular weight excluding hydrogens is 287 g/mol. The lowest BCUT2D eigenvalue weighted by molar-refractivity contribution is -0.137. The van der Waals surface area contributed by atoms with Crippen molar-refractivity contribution in [2.75, 3.05) is 7.11 Å². The topological polar surface area (TPSA) is 59.4 Å². The highest BCUT2D eigenvalue weighted by atomic mass is 19.4. The molecule has 1 heterocycles. The molecule has 21 heavy (non-hydrogen) atoms. The number of carboxylic acids is 1. The Labute approximate surface area is 117 Å². The van der Waals surface area contributed by atoms with Crippen LogP contribution >= 0.6 is 0 Å². The molecule has 1 N–H and O–H groups in total. The lowest BCUT2D eigenvalue weighted by Gasteiger charge is -2.12. The number of aromatic nitrogens is 1. The van der Waals surface area contributed by atoms with Gasteiger partial charge >= 0.3 is 12.1 Å². The summed E-state index contributed by atoms with van der Waals surface area (Å²) in [5, 5.41) is 9.17. The standard InChI is InChI=1S/C14H10F3NO3/c1-21-12-11(10(13(19)20)6-7-18-12)8-2-4-9(5-3-8)14(15,16)17/h2-7H,1H3,(H,19,20). The van der Waals surface area contributed by atoms with Crippen molar-refractivity contribution in [3.05, 3.63) is 47.7 Å². The second-order valence-electron chi connectivity index (χ2n) is 4.12. The van der Waals surface area contributed by atoms with E-state index in [1.54, 1.807) is 0 Å². The molecule has 0 aliphatic carbocycles. The zero-order valence-electron chi connectivity index (χ0n) is 10.8. The Hall–Kier alpha value is -2.57. The highest BCUT2D eigenvalue weighted by Crippen LogP contribution is 2.35. The number of methoxy groups -OCH3 is 1. The SMILES string of the molecule is COc1nccc(C(=O)O)c1-c1ccc(C(F)(F)F)cc1. The van der Waals surface area contributed by atoms with Crippen molar-refractivity contribution >= 4 is 5.97 Å². The monoisotopic (exact) mass is 297 g/mol. The Kier molecular flexibility index (Phi) is 3.84. The van der Waals surface area contributed by atoms with Crippen LogP contribution in [0.5, 0.6) is 5.88 Å². The van der Waals surface area contributed by atoms with Crippen LogP contribution in [0.15, 0.2) is 36.5 Å². The van der Waals surface area contributed by atoms with Gasteiger partial charge in [0.05, 0.1) is 23.8 Å². The number of carboxylic acid groups (broad SMARTS) is 1. The Morgan fingerprint density at radius 1 is 1.19 bits per heavy atom. The highest BCUT2D eigenvalue weighted by Gasteiger charge is 2.30. The smallest absolute Gasteiger partial charge is 0.416 e. The van der Waals surface area contributed by atoms with Crippen molar-refractivity contribution in [2.24, 2.45) is 0 Å². The predicted molar refractivity (Wildman–Crippen MR) is 68.2 cm³/mol. The largest absolute Gasteiger partial charge is 0.481 e. The number of pyridine rings is 1. The van der Waals surface area contributed by atoms with Crippen molar-refractivity contribution in [2.45, 2.75) is 6.18 Å². The summed E-state index contributed by atoms with van der Waals surface area (Å²) in [7, 11) is 1.31. The average Bonchev–Trinajstić information content (AvgIpc) is 2.45. The minimum Gasteiger partial charge on any atom is -0.481 e. The fourth-order valence-corrected chi connectivity index (χ4v) is 1.88. The van der Waals surface area contributed by atoms with E-state index >= 15 is 0 Å². The highest BCUT2D eigenvalue weighted by molar-refractivity contribution is 5.97. The van der Waals surface area contributed by atoms with Crippen molar-refractivity contribution in [3.63, 3.8) is 0 Å². The molecule has 7 heteroatoms. The fraction of sp³-hybridized carbons (Fsp3) is 0.143. The van der Waals surface area contributed by atoms with E-state index in [9.17, 15) is 18.0 Å². The normalized spacial score (nSPS) is 11.2. The summed E-state index contributed by atoms with van der Waals surface area (Å²) in [5.41, 5.74) is -0.487. The number of hydrogen-bond donors (Lipinski definition) is 1. The second-order valence-corrected chi connectivity index (χ2v) is 4.12. The summed E-state index contributed by atoms with van der Waals surface area (Å²) in [4.78, 5) is 15.1. The molecule has 0 aliphatic heterocycles. The van der Waals surface area contributed by atoms with E-state index in [0.717, 1.165) is 12.1 Å². The third-order valence-electron chi connectivity index (χ3n) is 2.84. The van der Waals surface area contributed by atoms with E-state index < -0.39 is 17.7 Å². The van der Waals surface area contributed by atoms with Gasteiger partial charge in [-0.3, -0.25) is 0 Å². The Morgan fingerprint density at radius 3 is 2.29 bits per heavy atom. The molecule has 0 aliphatic rings. The number of halogens is 3. The fourth-order valence-electron chi connectivity index (χ4n) is 1.88. The third-order valence-corrected chi connectivity index (χ3v) is 2.84. The van der Waals surface area contributed by atoms with Gasteiger partial charge in [-0.25, -0.2) is 9.78 Å². The van der Waals surface area contributed by atoms with Crippen LogP contribution in [0.3, 0.4) is 0 Å². The lowest BCUT2D eigenvalue weighted by atomic mass is 10.00. The van der Waals surface area contributed by atoms with E-state index in [1.165, 1.54) is 31.5 Å². The first-order chi connectivity index (χ1) is 9.84. The molecule has 2 aromatic rings. The molecule has 0 atom stereocenters. The third kappa shape index (κ3) is 2.96. The van der Waals surface area contributed by atoms with Crippen LogP contribution in [-0.2, 0) is 6.18 Å². The summed E-state index contributed by atoms with van der Waals surface area (Å²) in [6.45, 7) is 0. The summed E-state index contributed by atoms with van der Waals surface area (Å²) >= 11 is 0. The molecule has 0 fully saturated rings. The average molecular weight is 297 g/mol. The maximum atomic E-state index is 12.5. The molecule has 0 saturated carbocycles. The second kappa shape index (κ2) is 5.43. The van der Waals surface area contributed by atoms with Gasteiger partial charge in [0.1, 0.15) is 0 Å². The first-order valence-corrected chi connectivity index (χ1v) is 5.78. The van der Waals surface area contributed by atoms with Crippen molar-refractivity contribution in [1.82, 2.24) is 4.98 Å². The zero-order chi connectivity index (χ0) is 15.6. The number of alkyl halides is 3. The quantitative estimate of drug-likeness (QED) is 0.942. The number of aromatic carboxylic acids is 1. The maximum Gasteiger partial charge on any atom is 0.416 e. The van der Waals surface area contributed by atoms with Gasteiger partial charge < -0.3 is 9.84 Å². The number of carbonyl (C=O) groups is 1. The minimum atomic E-state index is -4.45. The Bertz CT molecular complexity index is 666. The van der Waals surface area contributed by atoms with Crippen LogP contribution in [0.4, 0.5) is 13.2 Å². The number of benzene rings is 1. The van der Waals surface area contributed by atoms with Crippen molar-refractivity contribution in [3.8, 4) is 17.0 Å². The molecule has 0 unspecified atom stereocenters. The van der Waals surface area contributed by atoms with E-state index in [0.29, 0.717) is 0 Å². The van der Waals surface area contributed by atoms with Crippen molar-refractivity contribution in [1.29, 1.82) is 0 Å². The molecule has 1 aromatic carbocycles. The first-order valence-electron chi connectivity index (χ1n) is 5.78. The molecule has 0 saturated heterocycles. The van der Waals surface area contributed by atoms with Crippen LogP contribution in [0.1, 0.15) is 15.9 Å². The molecule has 4 nitrogen and oxygen atoms in total. The Morgan fingerprint density at radius 2 is 1.81 bits per heavy atom. The van der Waals surface area contributed by atoms with E-state index in [-0.39, 0.29) is 22.6 Å². The summed E-state index contributed by atoms with van der Waals surface area (Å²) in [6.07, 6.45) is -3.19. The Balaban J connectivity index is 2.58. The maximum absolute atomic E-state index is 12.5. The molecule has 1 aromatic heterocycles. The van der Waals surface area contributed by atoms with Crippen LogP contribution in [0.25, 0.3) is 11.1 Å². The number of ether oxygens (including phenoxy) is 1.